The number of benzene rings is 2. The second kappa shape index (κ2) is 7.75. The number of carbonyl (C=O) groups excluding carboxylic acids is 4. The molecule has 0 spiro atoms. The number of hydrogen-bond donors (Lipinski definition) is 1. The van der Waals surface area contributed by atoms with Crippen LogP contribution in [-0.2, 0) is 14.3 Å². The third-order valence-corrected chi connectivity index (χ3v) is 4.08. The zero-order valence-electron chi connectivity index (χ0n) is 15.1. The van der Waals surface area contributed by atoms with Crippen molar-refractivity contribution in [2.75, 3.05) is 19.1 Å². The summed E-state index contributed by atoms with van der Waals surface area (Å²) < 4.78 is 9.69. The predicted octanol–water partition coefficient (Wildman–Crippen LogP) is 2.15. The highest BCUT2D eigenvalue weighted by Gasteiger charge is 2.36. The van der Waals surface area contributed by atoms with Crippen LogP contribution in [0, 0.1) is 0 Å². The number of hydrogen-bond acceptors (Lipinski definition) is 6. The van der Waals surface area contributed by atoms with E-state index in [-0.39, 0.29) is 5.57 Å². The van der Waals surface area contributed by atoms with Gasteiger partial charge in [-0.1, -0.05) is 12.1 Å². The molecule has 28 heavy (non-hydrogen) atoms. The van der Waals surface area contributed by atoms with Crippen LogP contribution in [0.1, 0.15) is 15.9 Å². The lowest BCUT2D eigenvalue weighted by atomic mass is 10.1. The van der Waals surface area contributed by atoms with Gasteiger partial charge in [-0.25, -0.2) is 14.5 Å². The minimum Gasteiger partial charge on any atom is -0.497 e. The molecule has 1 aliphatic rings. The average molecular weight is 380 g/mol. The van der Waals surface area contributed by atoms with Gasteiger partial charge < -0.3 is 9.47 Å². The first kappa shape index (κ1) is 18.8. The van der Waals surface area contributed by atoms with Crippen molar-refractivity contribution in [2.24, 2.45) is 0 Å². The first-order valence-electron chi connectivity index (χ1n) is 8.18. The van der Waals surface area contributed by atoms with E-state index < -0.39 is 23.8 Å². The Labute approximate surface area is 160 Å². The van der Waals surface area contributed by atoms with Gasteiger partial charge in [0.05, 0.1) is 25.5 Å². The number of imide groups is 2. The highest BCUT2D eigenvalue weighted by Crippen LogP contribution is 2.24. The number of esters is 1. The van der Waals surface area contributed by atoms with E-state index >= 15 is 0 Å². The van der Waals surface area contributed by atoms with E-state index in [4.69, 9.17) is 4.74 Å². The standard InChI is InChI=1S/C20H16N2O6/c1-27-15-9-7-14(8-10-15)22-18(24)16(17(23)21-20(22)26)11-12-3-5-13(6-4-12)19(25)28-2/h3-11H,1-2H3,(H,21,23,26). The fraction of sp³-hybridized carbons (Fsp3) is 0.100. The number of rotatable bonds is 4. The van der Waals surface area contributed by atoms with Crippen LogP contribution in [0.15, 0.2) is 54.1 Å². The lowest BCUT2D eigenvalue weighted by molar-refractivity contribution is -0.122. The molecule has 1 fully saturated rings. The van der Waals surface area contributed by atoms with E-state index in [9.17, 15) is 19.2 Å². The van der Waals surface area contributed by atoms with Crippen molar-refractivity contribution in [3.8, 4) is 5.75 Å². The van der Waals surface area contributed by atoms with Crippen LogP contribution in [0.2, 0.25) is 0 Å². The van der Waals surface area contributed by atoms with Crippen LogP contribution in [0.4, 0.5) is 10.5 Å². The Bertz CT molecular complexity index is 977. The number of ether oxygens (including phenoxy) is 2. The normalized spacial score (nSPS) is 15.4. The lowest BCUT2D eigenvalue weighted by Gasteiger charge is -2.26. The van der Waals surface area contributed by atoms with Crippen LogP contribution in [0.3, 0.4) is 0 Å². The maximum absolute atomic E-state index is 12.8. The van der Waals surface area contributed by atoms with Crippen LogP contribution < -0.4 is 15.0 Å². The largest absolute Gasteiger partial charge is 0.497 e. The van der Waals surface area contributed by atoms with Gasteiger partial charge >= 0.3 is 12.0 Å². The van der Waals surface area contributed by atoms with Crippen LogP contribution in [0.5, 0.6) is 5.75 Å². The summed E-state index contributed by atoms with van der Waals surface area (Å²) in [5.41, 5.74) is 0.929. The molecule has 0 radical (unpaired) electrons. The molecule has 8 nitrogen and oxygen atoms in total. The smallest absolute Gasteiger partial charge is 0.337 e. The molecule has 2 aromatic rings. The molecule has 1 aliphatic heterocycles. The Kier molecular flexibility index (Phi) is 5.21. The molecule has 3 rings (SSSR count). The Balaban J connectivity index is 1.92. The monoisotopic (exact) mass is 380 g/mol. The number of amides is 4. The topological polar surface area (TPSA) is 102 Å². The van der Waals surface area contributed by atoms with Crippen molar-refractivity contribution >= 4 is 35.6 Å². The maximum atomic E-state index is 12.8. The van der Waals surface area contributed by atoms with Gasteiger partial charge in [0, 0.05) is 0 Å². The highest BCUT2D eigenvalue weighted by molar-refractivity contribution is 6.39. The van der Waals surface area contributed by atoms with Crippen LogP contribution >= 0.6 is 0 Å². The number of anilines is 1. The van der Waals surface area contributed by atoms with Crippen molar-refractivity contribution < 1.29 is 28.7 Å². The van der Waals surface area contributed by atoms with Gasteiger partial charge in [0.1, 0.15) is 11.3 Å². The first-order valence-corrected chi connectivity index (χ1v) is 8.18. The minimum absolute atomic E-state index is 0.207. The van der Waals surface area contributed by atoms with Crippen molar-refractivity contribution in [3.05, 3.63) is 65.2 Å². The Hall–Kier alpha value is -3.94. The van der Waals surface area contributed by atoms with Gasteiger partial charge in [0.2, 0.25) is 0 Å². The summed E-state index contributed by atoms with van der Waals surface area (Å²) in [6, 6.07) is 11.6. The molecular formula is C20H16N2O6. The molecule has 0 saturated carbocycles. The molecule has 4 amide bonds. The summed E-state index contributed by atoms with van der Waals surface area (Å²) in [6.07, 6.45) is 1.35. The summed E-state index contributed by atoms with van der Waals surface area (Å²) >= 11 is 0. The Morgan fingerprint density at radius 3 is 2.18 bits per heavy atom. The number of methoxy groups -OCH3 is 2. The molecule has 8 heteroatoms. The molecule has 0 atom stereocenters. The van der Waals surface area contributed by atoms with E-state index in [1.165, 1.54) is 44.6 Å². The van der Waals surface area contributed by atoms with Crippen LogP contribution in [-0.4, -0.2) is 38.0 Å². The van der Waals surface area contributed by atoms with Gasteiger partial charge in [0.15, 0.2) is 0 Å². The molecule has 0 aliphatic carbocycles. The molecule has 0 unspecified atom stereocenters. The second-order valence-corrected chi connectivity index (χ2v) is 5.77. The molecule has 0 bridgehead atoms. The van der Waals surface area contributed by atoms with Crippen molar-refractivity contribution in [1.82, 2.24) is 5.32 Å². The third kappa shape index (κ3) is 3.61. The van der Waals surface area contributed by atoms with E-state index in [0.29, 0.717) is 22.6 Å². The van der Waals surface area contributed by atoms with Crippen molar-refractivity contribution in [1.29, 1.82) is 0 Å². The summed E-state index contributed by atoms with van der Waals surface area (Å²) in [5, 5.41) is 2.15. The number of carbonyl (C=O) groups is 4. The van der Waals surface area contributed by atoms with Crippen LogP contribution in [0.25, 0.3) is 6.08 Å². The Morgan fingerprint density at radius 2 is 1.61 bits per heavy atom. The molecule has 1 heterocycles. The van der Waals surface area contributed by atoms with Gasteiger partial charge in [-0.15, -0.1) is 0 Å². The number of nitrogens with zero attached hydrogens (tertiary/aromatic N) is 1. The predicted molar refractivity (Wildman–Crippen MR) is 99.8 cm³/mol. The number of nitrogens with one attached hydrogen (secondary N) is 1. The van der Waals surface area contributed by atoms with Gasteiger partial charge in [-0.3, -0.25) is 14.9 Å². The van der Waals surface area contributed by atoms with E-state index in [2.05, 4.69) is 10.1 Å². The molecule has 142 valence electrons. The fourth-order valence-electron chi connectivity index (χ4n) is 2.62. The minimum atomic E-state index is -0.835. The van der Waals surface area contributed by atoms with Crippen molar-refractivity contribution in [3.63, 3.8) is 0 Å². The van der Waals surface area contributed by atoms with E-state index in [1.807, 2.05) is 0 Å². The second-order valence-electron chi connectivity index (χ2n) is 5.77. The van der Waals surface area contributed by atoms with Gasteiger partial charge in [-0.2, -0.15) is 0 Å². The fourth-order valence-corrected chi connectivity index (χ4v) is 2.62. The lowest BCUT2D eigenvalue weighted by Crippen LogP contribution is -2.54. The summed E-state index contributed by atoms with van der Waals surface area (Å²) in [5.74, 6) is -1.49. The zero-order valence-corrected chi connectivity index (χ0v) is 15.1. The van der Waals surface area contributed by atoms with E-state index in [0.717, 1.165) is 4.90 Å². The summed E-state index contributed by atoms with van der Waals surface area (Å²) in [6.45, 7) is 0. The summed E-state index contributed by atoms with van der Waals surface area (Å²) in [4.78, 5) is 49.5. The SMILES string of the molecule is COC(=O)c1ccc(C=C2C(=O)NC(=O)N(c3ccc(OC)cc3)C2=O)cc1. The molecule has 1 saturated heterocycles. The molecule has 0 aromatic heterocycles. The van der Waals surface area contributed by atoms with Crippen molar-refractivity contribution in [2.45, 2.75) is 0 Å². The Morgan fingerprint density at radius 1 is 0.964 bits per heavy atom. The maximum Gasteiger partial charge on any atom is 0.337 e. The number of urea groups is 1. The van der Waals surface area contributed by atoms with E-state index in [1.54, 1.807) is 24.3 Å². The molecule has 2 aromatic carbocycles. The average Bonchev–Trinajstić information content (AvgIpc) is 2.71. The third-order valence-electron chi connectivity index (χ3n) is 4.08. The van der Waals surface area contributed by atoms with Gasteiger partial charge in [0.25, 0.3) is 11.8 Å². The quantitative estimate of drug-likeness (QED) is 0.495. The molecule has 1 N–H and O–H groups in total. The summed E-state index contributed by atoms with van der Waals surface area (Å²) in [7, 11) is 2.77. The number of barbiturate groups is 1. The zero-order chi connectivity index (χ0) is 20.3. The molecular weight excluding hydrogens is 364 g/mol. The van der Waals surface area contributed by atoms with Gasteiger partial charge in [-0.05, 0) is 48.0 Å². The highest BCUT2D eigenvalue weighted by atomic mass is 16.5. The first-order chi connectivity index (χ1) is 13.4.